The molecule has 0 saturated carbocycles. The van der Waals surface area contributed by atoms with Gasteiger partial charge in [0.05, 0.1) is 13.2 Å². The molecule has 0 aromatic carbocycles. The zero-order valence-corrected chi connectivity index (χ0v) is 20.9. The number of halogens is 1. The zero-order chi connectivity index (χ0) is 20.6. The van der Waals surface area contributed by atoms with Crippen LogP contribution in [0.4, 0.5) is 0 Å². The van der Waals surface area contributed by atoms with Crippen LogP contribution in [-0.4, -0.2) is 50.1 Å². The highest BCUT2D eigenvalue weighted by Gasteiger charge is 2.24. The molecule has 0 bridgehead atoms. The van der Waals surface area contributed by atoms with Gasteiger partial charge in [0, 0.05) is 18.0 Å². The lowest BCUT2D eigenvalue weighted by Crippen LogP contribution is -2.42. The molecule has 7 nitrogen and oxygen atoms in total. The van der Waals surface area contributed by atoms with Crippen LogP contribution in [0.3, 0.4) is 0 Å². The molecular weight excluding hydrogens is 515 g/mol. The first-order valence-electron chi connectivity index (χ1n) is 10.1. The van der Waals surface area contributed by atoms with Crippen molar-refractivity contribution >= 4 is 47.2 Å². The molecule has 9 heteroatoms. The van der Waals surface area contributed by atoms with Crippen molar-refractivity contribution in [3.05, 3.63) is 45.5 Å². The zero-order valence-electron chi connectivity index (χ0n) is 17.8. The Bertz CT molecular complexity index is 816. The van der Waals surface area contributed by atoms with E-state index >= 15 is 0 Å². The van der Waals surface area contributed by atoms with Crippen molar-refractivity contribution in [1.29, 1.82) is 0 Å². The number of likely N-dealkylation sites (tertiary alicyclic amines) is 1. The van der Waals surface area contributed by atoms with Gasteiger partial charge < -0.3 is 19.8 Å². The summed E-state index contributed by atoms with van der Waals surface area (Å²) in [5.74, 6) is 1.53. The van der Waals surface area contributed by atoms with E-state index in [1.54, 1.807) is 24.3 Å². The normalized spacial score (nSPS) is 15.5. The van der Waals surface area contributed by atoms with Crippen LogP contribution in [0.25, 0.3) is 0 Å². The second kappa shape index (κ2) is 12.3. The van der Waals surface area contributed by atoms with Crippen molar-refractivity contribution < 1.29 is 13.9 Å². The maximum atomic E-state index is 11.8. The first-order chi connectivity index (χ1) is 14.1. The highest BCUT2D eigenvalue weighted by atomic mass is 127. The molecule has 30 heavy (non-hydrogen) atoms. The van der Waals surface area contributed by atoms with Gasteiger partial charge in [-0.2, -0.15) is 0 Å². The number of hydrogen-bond acceptors (Lipinski definition) is 6. The summed E-state index contributed by atoms with van der Waals surface area (Å²) in [6, 6.07) is 6.37. The summed E-state index contributed by atoms with van der Waals surface area (Å²) in [6.07, 6.45) is 2.52. The Labute approximate surface area is 199 Å². The smallest absolute Gasteiger partial charge is 0.341 e. The molecular formula is C21H31IN4O3S. The molecule has 1 atom stereocenters. The van der Waals surface area contributed by atoms with Crippen molar-refractivity contribution in [1.82, 2.24) is 15.5 Å². The Hall–Kier alpha value is -1.59. The van der Waals surface area contributed by atoms with Crippen LogP contribution in [-0.2, 0) is 11.3 Å². The summed E-state index contributed by atoms with van der Waals surface area (Å²) >= 11 is 1.80. The van der Waals surface area contributed by atoms with Crippen LogP contribution in [0.5, 0.6) is 0 Å². The highest BCUT2D eigenvalue weighted by Crippen LogP contribution is 2.27. The number of carbonyl (C=O) groups excluding carboxylic acids is 1. The Morgan fingerprint density at radius 3 is 2.77 bits per heavy atom. The largest absolute Gasteiger partial charge is 0.465 e. The van der Waals surface area contributed by atoms with E-state index in [2.05, 4.69) is 38.0 Å². The molecule has 3 heterocycles. The molecule has 166 valence electrons. The quantitative estimate of drug-likeness (QED) is 0.226. The summed E-state index contributed by atoms with van der Waals surface area (Å²) in [5.41, 5.74) is 0.447. The summed E-state index contributed by atoms with van der Waals surface area (Å²) < 4.78 is 10.4. The van der Waals surface area contributed by atoms with Gasteiger partial charge in [-0.15, -0.1) is 35.3 Å². The van der Waals surface area contributed by atoms with Crippen molar-refractivity contribution in [2.24, 2.45) is 4.99 Å². The second-order valence-corrected chi connectivity index (χ2v) is 8.00. The van der Waals surface area contributed by atoms with E-state index in [1.807, 2.05) is 6.92 Å². The summed E-state index contributed by atoms with van der Waals surface area (Å²) in [4.78, 5) is 20.3. The van der Waals surface area contributed by atoms with E-state index in [0.717, 1.165) is 32.1 Å². The molecule has 0 spiro atoms. The van der Waals surface area contributed by atoms with Gasteiger partial charge in [-0.25, -0.2) is 9.79 Å². The number of rotatable bonds is 8. The number of furan rings is 1. The Kier molecular flexibility index (Phi) is 10.1. The Balaban J connectivity index is 0.00000320. The minimum Gasteiger partial charge on any atom is -0.465 e. The van der Waals surface area contributed by atoms with E-state index in [1.165, 1.54) is 24.8 Å². The molecule has 1 aliphatic rings. The molecule has 1 fully saturated rings. The lowest BCUT2D eigenvalue weighted by Gasteiger charge is -2.27. The molecule has 0 radical (unpaired) electrons. The number of carbonyl (C=O) groups is 1. The van der Waals surface area contributed by atoms with Crippen LogP contribution in [0.1, 0.15) is 52.6 Å². The Morgan fingerprint density at radius 1 is 1.37 bits per heavy atom. The molecule has 0 aliphatic carbocycles. The molecule has 2 aromatic rings. The van der Waals surface area contributed by atoms with Crippen LogP contribution in [0, 0.1) is 6.92 Å². The van der Waals surface area contributed by atoms with E-state index in [4.69, 9.17) is 9.15 Å². The highest BCUT2D eigenvalue weighted by molar-refractivity contribution is 14.0. The molecule has 2 aromatic heterocycles. The number of aliphatic imine (C=N–C) groups is 1. The average Bonchev–Trinajstić information content (AvgIpc) is 3.48. The summed E-state index contributed by atoms with van der Waals surface area (Å²) in [6.45, 7) is 7.98. The van der Waals surface area contributed by atoms with Crippen LogP contribution in [0.2, 0.25) is 0 Å². The van der Waals surface area contributed by atoms with Gasteiger partial charge in [0.2, 0.25) is 0 Å². The van der Waals surface area contributed by atoms with Crippen LogP contribution in [0.15, 0.2) is 33.0 Å². The first kappa shape index (κ1) is 24.7. The average molecular weight is 546 g/mol. The molecule has 2 N–H and O–H groups in total. The number of thiophene rings is 1. The van der Waals surface area contributed by atoms with Gasteiger partial charge in [-0.05, 0) is 57.3 Å². The van der Waals surface area contributed by atoms with Gasteiger partial charge in [0.15, 0.2) is 5.96 Å². The maximum absolute atomic E-state index is 11.8. The van der Waals surface area contributed by atoms with E-state index in [9.17, 15) is 4.79 Å². The van der Waals surface area contributed by atoms with Crippen molar-refractivity contribution in [2.45, 2.75) is 39.3 Å². The lowest BCUT2D eigenvalue weighted by atomic mass is 10.2. The number of aryl methyl sites for hydroxylation is 1. The number of nitrogens with one attached hydrogen (secondary N) is 2. The van der Waals surface area contributed by atoms with E-state index < -0.39 is 5.97 Å². The van der Waals surface area contributed by atoms with Crippen LogP contribution >= 0.6 is 35.3 Å². The number of esters is 1. The van der Waals surface area contributed by atoms with Crippen molar-refractivity contribution in [3.8, 4) is 0 Å². The van der Waals surface area contributed by atoms with Crippen molar-refractivity contribution in [3.63, 3.8) is 0 Å². The minimum absolute atomic E-state index is 0. The second-order valence-electron chi connectivity index (χ2n) is 7.02. The standard InChI is InChI=1S/C21H30N4O3S.HI/c1-4-22-21(23-13-16-12-17(15(2)28-16)20(26)27-3)24-14-18(19-8-7-11-29-19)25-9-5-6-10-25;/h7-8,11-12,18H,4-6,9-10,13-14H2,1-3H3,(H2,22,23,24);1H. The number of ether oxygens (including phenoxy) is 1. The van der Waals surface area contributed by atoms with Gasteiger partial charge in [-0.1, -0.05) is 6.07 Å². The van der Waals surface area contributed by atoms with Crippen LogP contribution < -0.4 is 10.6 Å². The van der Waals surface area contributed by atoms with Gasteiger partial charge in [0.1, 0.15) is 23.6 Å². The fraction of sp³-hybridized carbons (Fsp3) is 0.524. The third-order valence-corrected chi connectivity index (χ3v) is 6.00. The number of nitrogens with zero attached hydrogens (tertiary/aromatic N) is 2. The predicted octanol–water partition coefficient (Wildman–Crippen LogP) is 3.95. The molecule has 1 saturated heterocycles. The molecule has 3 rings (SSSR count). The molecule has 0 amide bonds. The van der Waals surface area contributed by atoms with Gasteiger partial charge in [0.25, 0.3) is 0 Å². The molecule has 1 aliphatic heterocycles. The number of guanidine groups is 1. The fourth-order valence-electron chi connectivity index (χ4n) is 3.57. The lowest BCUT2D eigenvalue weighted by molar-refractivity contribution is 0.0599. The summed E-state index contributed by atoms with van der Waals surface area (Å²) in [7, 11) is 1.37. The van der Waals surface area contributed by atoms with E-state index in [-0.39, 0.29) is 24.0 Å². The topological polar surface area (TPSA) is 79.1 Å². The van der Waals surface area contributed by atoms with Gasteiger partial charge >= 0.3 is 5.97 Å². The monoisotopic (exact) mass is 546 g/mol. The SMILES string of the molecule is CCNC(=NCc1cc(C(=O)OC)c(C)o1)NCC(c1cccs1)N1CCCC1.I. The Morgan fingerprint density at radius 2 is 2.13 bits per heavy atom. The molecule has 1 unspecified atom stereocenters. The number of methoxy groups -OCH3 is 1. The van der Waals surface area contributed by atoms with Crippen molar-refractivity contribution in [2.75, 3.05) is 33.3 Å². The predicted molar refractivity (Wildman–Crippen MR) is 131 cm³/mol. The first-order valence-corrected chi connectivity index (χ1v) is 11.0. The number of hydrogen-bond donors (Lipinski definition) is 2. The fourth-order valence-corrected chi connectivity index (χ4v) is 4.43. The van der Waals surface area contributed by atoms with E-state index in [0.29, 0.717) is 29.7 Å². The summed E-state index contributed by atoms with van der Waals surface area (Å²) in [5, 5.41) is 8.91. The minimum atomic E-state index is -0.393. The maximum Gasteiger partial charge on any atom is 0.341 e. The third kappa shape index (κ3) is 6.45. The third-order valence-electron chi connectivity index (χ3n) is 5.03. The van der Waals surface area contributed by atoms with Gasteiger partial charge in [-0.3, -0.25) is 4.90 Å².